The van der Waals surface area contributed by atoms with Gasteiger partial charge in [-0.15, -0.1) is 11.3 Å². The van der Waals surface area contributed by atoms with E-state index in [1.165, 1.54) is 16.2 Å². The molecule has 110 valence electrons. The molecule has 0 aliphatic carbocycles. The second kappa shape index (κ2) is 5.93. The van der Waals surface area contributed by atoms with Crippen molar-refractivity contribution >= 4 is 23.2 Å². The highest BCUT2D eigenvalue weighted by atomic mass is 32.1. The van der Waals surface area contributed by atoms with Crippen LogP contribution in [0.25, 0.3) is 0 Å². The number of thiophene rings is 1. The molecule has 5 nitrogen and oxygen atoms in total. The van der Waals surface area contributed by atoms with E-state index in [2.05, 4.69) is 0 Å². The number of carbonyl (C=O) groups is 2. The van der Waals surface area contributed by atoms with E-state index in [0.29, 0.717) is 19.4 Å². The molecule has 0 aromatic carbocycles. The number of carbonyl (C=O) groups excluding carboxylic acids is 1. The number of carboxylic acid groups (broad SMARTS) is 1. The second-order valence-corrected chi connectivity index (χ2v) is 6.15. The van der Waals surface area contributed by atoms with Gasteiger partial charge in [-0.25, -0.2) is 4.79 Å². The molecule has 1 aromatic heterocycles. The Bertz CT molecular complexity index is 489. The Kier molecular flexibility index (Phi) is 4.45. The van der Waals surface area contributed by atoms with Crippen molar-refractivity contribution in [1.29, 1.82) is 0 Å². The summed E-state index contributed by atoms with van der Waals surface area (Å²) >= 11 is 1.42. The second-order valence-electron chi connectivity index (χ2n) is 5.17. The first-order valence-electron chi connectivity index (χ1n) is 6.87. The number of hydrogen-bond donors (Lipinski definition) is 2. The Morgan fingerprint density at radius 3 is 2.90 bits per heavy atom. The van der Waals surface area contributed by atoms with Gasteiger partial charge in [0.15, 0.2) is 0 Å². The van der Waals surface area contributed by atoms with Crippen molar-refractivity contribution in [3.05, 3.63) is 22.4 Å². The highest BCUT2D eigenvalue weighted by Crippen LogP contribution is 2.36. The van der Waals surface area contributed by atoms with Crippen LogP contribution in [-0.4, -0.2) is 34.0 Å². The van der Waals surface area contributed by atoms with Crippen molar-refractivity contribution in [1.82, 2.24) is 4.90 Å². The number of carboxylic acids is 1. The summed E-state index contributed by atoms with van der Waals surface area (Å²) in [6.07, 6.45) is 2.43. The Balaban J connectivity index is 2.25. The Morgan fingerprint density at radius 1 is 1.60 bits per heavy atom. The fourth-order valence-corrected chi connectivity index (χ4v) is 3.68. The van der Waals surface area contributed by atoms with Gasteiger partial charge in [0.2, 0.25) is 5.91 Å². The van der Waals surface area contributed by atoms with Gasteiger partial charge in [0.05, 0.1) is 0 Å². The largest absolute Gasteiger partial charge is 0.479 e. The molecule has 1 saturated heterocycles. The maximum absolute atomic E-state index is 12.6. The lowest BCUT2D eigenvalue weighted by atomic mass is 9.90. The lowest BCUT2D eigenvalue weighted by molar-refractivity contribution is -0.157. The zero-order chi connectivity index (χ0) is 14.8. The zero-order valence-corrected chi connectivity index (χ0v) is 12.4. The van der Waals surface area contributed by atoms with E-state index in [1.54, 1.807) is 0 Å². The predicted molar refractivity (Wildman–Crippen MR) is 77.5 cm³/mol. The maximum atomic E-state index is 12.6. The number of hydrogen-bond acceptors (Lipinski definition) is 4. The number of nitrogens with two attached hydrogens (primary N) is 1. The van der Waals surface area contributed by atoms with E-state index in [9.17, 15) is 14.7 Å². The molecule has 20 heavy (non-hydrogen) atoms. The van der Waals surface area contributed by atoms with Crippen LogP contribution in [0.5, 0.6) is 0 Å². The maximum Gasteiger partial charge on any atom is 0.329 e. The van der Waals surface area contributed by atoms with Crippen molar-refractivity contribution in [3.8, 4) is 0 Å². The van der Waals surface area contributed by atoms with Crippen molar-refractivity contribution in [2.45, 2.75) is 44.2 Å². The van der Waals surface area contributed by atoms with Crippen LogP contribution in [0.4, 0.5) is 0 Å². The zero-order valence-electron chi connectivity index (χ0n) is 11.5. The fourth-order valence-electron chi connectivity index (χ4n) is 2.96. The van der Waals surface area contributed by atoms with Gasteiger partial charge < -0.3 is 15.7 Å². The van der Waals surface area contributed by atoms with Crippen molar-refractivity contribution in [3.63, 3.8) is 0 Å². The molecule has 2 atom stereocenters. The number of nitrogens with zero attached hydrogens (tertiary/aromatic N) is 1. The van der Waals surface area contributed by atoms with Gasteiger partial charge in [-0.3, -0.25) is 4.79 Å². The Hall–Kier alpha value is -1.40. The molecular formula is C14H20N2O3S. The molecule has 1 aliphatic heterocycles. The summed E-state index contributed by atoms with van der Waals surface area (Å²) in [5.74, 6) is -1.19. The molecule has 1 amide bonds. The molecule has 1 aromatic rings. The third-order valence-corrected chi connectivity index (χ3v) is 4.89. The number of rotatable bonds is 5. The average molecular weight is 296 g/mol. The van der Waals surface area contributed by atoms with Gasteiger partial charge in [-0.2, -0.15) is 0 Å². The minimum atomic E-state index is -1.07. The fraction of sp³-hybridized carbons (Fsp3) is 0.571. The summed E-state index contributed by atoms with van der Waals surface area (Å²) in [4.78, 5) is 26.6. The molecule has 1 fully saturated rings. The van der Waals surface area contributed by atoms with Crippen molar-refractivity contribution in [2.75, 3.05) is 6.54 Å². The molecule has 1 aliphatic rings. The molecule has 6 heteroatoms. The normalized spacial score (nSPS) is 23.8. The first-order valence-corrected chi connectivity index (χ1v) is 7.75. The molecular weight excluding hydrogens is 276 g/mol. The van der Waals surface area contributed by atoms with Gasteiger partial charge in [0, 0.05) is 11.4 Å². The van der Waals surface area contributed by atoms with E-state index in [4.69, 9.17) is 5.73 Å². The van der Waals surface area contributed by atoms with E-state index in [-0.39, 0.29) is 5.91 Å². The lowest BCUT2D eigenvalue weighted by Gasteiger charge is -2.36. The van der Waals surface area contributed by atoms with E-state index >= 15 is 0 Å². The highest BCUT2D eigenvalue weighted by Gasteiger charge is 2.50. The Labute approximate surface area is 122 Å². The van der Waals surface area contributed by atoms with Gasteiger partial charge in [0.1, 0.15) is 11.6 Å². The predicted octanol–water partition coefficient (Wildman–Crippen LogP) is 1.99. The summed E-state index contributed by atoms with van der Waals surface area (Å²) in [7, 11) is 0. The van der Waals surface area contributed by atoms with Crippen LogP contribution >= 0.6 is 11.3 Å². The molecule has 2 unspecified atom stereocenters. The van der Waals surface area contributed by atoms with Crippen LogP contribution in [0.1, 0.15) is 43.5 Å². The number of aliphatic carboxylic acids is 1. The van der Waals surface area contributed by atoms with Crippen molar-refractivity contribution < 1.29 is 14.7 Å². The first-order chi connectivity index (χ1) is 9.53. The van der Waals surface area contributed by atoms with E-state index in [0.717, 1.165) is 17.7 Å². The van der Waals surface area contributed by atoms with Crippen LogP contribution in [-0.2, 0) is 9.59 Å². The van der Waals surface area contributed by atoms with Gasteiger partial charge in [-0.1, -0.05) is 19.4 Å². The standard InChI is InChI=1S/C14H20N2O3S/c1-2-6-14(13(18)19)7-4-8-16(14)12(17)11(15)10-5-3-9-20-10/h3,5,9,11H,2,4,6-8,15H2,1H3,(H,18,19). The van der Waals surface area contributed by atoms with Gasteiger partial charge in [-0.05, 0) is 30.7 Å². The monoisotopic (exact) mass is 296 g/mol. The van der Waals surface area contributed by atoms with Gasteiger partial charge in [0.25, 0.3) is 0 Å². The average Bonchev–Trinajstić information content (AvgIpc) is 3.07. The highest BCUT2D eigenvalue weighted by molar-refractivity contribution is 7.10. The van der Waals surface area contributed by atoms with E-state index in [1.807, 2.05) is 24.4 Å². The summed E-state index contributed by atoms with van der Waals surface area (Å²) in [5.41, 5.74) is 4.94. The quantitative estimate of drug-likeness (QED) is 0.870. The lowest BCUT2D eigenvalue weighted by Crippen LogP contribution is -2.55. The topological polar surface area (TPSA) is 83.6 Å². The van der Waals surface area contributed by atoms with Gasteiger partial charge >= 0.3 is 5.97 Å². The molecule has 0 spiro atoms. The molecule has 3 N–H and O–H groups in total. The Morgan fingerprint density at radius 2 is 2.35 bits per heavy atom. The third kappa shape index (κ3) is 2.45. The van der Waals surface area contributed by atoms with Crippen LogP contribution in [0.3, 0.4) is 0 Å². The number of likely N-dealkylation sites (tertiary alicyclic amines) is 1. The van der Waals surface area contributed by atoms with Crippen LogP contribution in [0.15, 0.2) is 17.5 Å². The molecule has 0 bridgehead atoms. The summed E-state index contributed by atoms with van der Waals surface area (Å²) < 4.78 is 0. The molecule has 2 rings (SSSR count). The minimum absolute atomic E-state index is 0.277. The van der Waals surface area contributed by atoms with E-state index < -0.39 is 17.6 Å². The SMILES string of the molecule is CCCC1(C(=O)O)CCCN1C(=O)C(N)c1cccs1. The molecule has 0 saturated carbocycles. The van der Waals surface area contributed by atoms with Crippen LogP contribution in [0, 0.1) is 0 Å². The summed E-state index contributed by atoms with van der Waals surface area (Å²) in [5, 5.41) is 11.5. The third-order valence-electron chi connectivity index (χ3n) is 3.93. The molecule has 2 heterocycles. The smallest absolute Gasteiger partial charge is 0.329 e. The minimum Gasteiger partial charge on any atom is -0.479 e. The van der Waals surface area contributed by atoms with Crippen LogP contribution < -0.4 is 5.73 Å². The van der Waals surface area contributed by atoms with Crippen LogP contribution in [0.2, 0.25) is 0 Å². The number of amides is 1. The summed E-state index contributed by atoms with van der Waals surface area (Å²) in [6, 6.07) is 2.89. The first kappa shape index (κ1) is 15.0. The summed E-state index contributed by atoms with van der Waals surface area (Å²) in [6.45, 7) is 2.41. The van der Waals surface area contributed by atoms with Crippen molar-refractivity contribution in [2.24, 2.45) is 5.73 Å². The molecule has 0 radical (unpaired) electrons.